The van der Waals surface area contributed by atoms with Crippen LogP contribution in [0.2, 0.25) is 0 Å². The minimum atomic E-state index is -3.86. The molecule has 0 heterocycles. The first kappa shape index (κ1) is 26.7. The molecule has 0 spiro atoms. The molecule has 0 bridgehead atoms. The molecule has 0 aromatic heterocycles. The van der Waals surface area contributed by atoms with Gasteiger partial charge in [0.25, 0.3) is 10.1 Å². The third kappa shape index (κ3) is 16.5. The maximum atomic E-state index is 10.7. The van der Waals surface area contributed by atoms with Crippen LogP contribution in [-0.4, -0.2) is 25.3 Å². The molecule has 0 fully saturated rings. The molecule has 1 aromatic carbocycles. The highest BCUT2D eigenvalue weighted by molar-refractivity contribution is 7.85. The Balaban J connectivity index is 2.03. The van der Waals surface area contributed by atoms with Crippen molar-refractivity contribution in [3.8, 4) is 5.75 Å². The van der Waals surface area contributed by atoms with Crippen molar-refractivity contribution in [2.75, 3.05) is 12.4 Å². The first-order chi connectivity index (χ1) is 14.5. The highest BCUT2D eigenvalue weighted by atomic mass is 32.2. The van der Waals surface area contributed by atoms with Crippen molar-refractivity contribution in [1.29, 1.82) is 0 Å². The Labute approximate surface area is 184 Å². The van der Waals surface area contributed by atoms with Crippen molar-refractivity contribution in [2.45, 2.75) is 96.8 Å². The van der Waals surface area contributed by atoms with Gasteiger partial charge in [-0.1, -0.05) is 69.7 Å². The van der Waals surface area contributed by atoms with Crippen LogP contribution in [0.25, 0.3) is 0 Å². The molecule has 0 radical (unpaired) electrons. The number of aryl methyl sites for hydroxylation is 1. The number of allylic oxidation sites excluding steroid dienone is 2. The van der Waals surface area contributed by atoms with E-state index in [1.54, 1.807) is 0 Å². The molecule has 172 valence electrons. The van der Waals surface area contributed by atoms with Gasteiger partial charge in [-0.3, -0.25) is 4.55 Å². The number of benzene rings is 1. The molecule has 0 aliphatic carbocycles. The Morgan fingerprint density at radius 3 is 2.23 bits per heavy atom. The maximum absolute atomic E-state index is 10.7. The number of rotatable bonds is 19. The fourth-order valence-corrected chi connectivity index (χ4v) is 3.98. The molecule has 1 rings (SSSR count). The summed E-state index contributed by atoms with van der Waals surface area (Å²) >= 11 is 0. The second kappa shape index (κ2) is 17.4. The smallest absolute Gasteiger partial charge is 0.264 e. The minimum absolute atomic E-state index is 0.203. The molecule has 0 atom stereocenters. The maximum Gasteiger partial charge on any atom is 0.264 e. The van der Waals surface area contributed by atoms with Crippen molar-refractivity contribution >= 4 is 10.1 Å². The molecule has 5 heteroatoms. The average molecular weight is 439 g/mol. The monoisotopic (exact) mass is 438 g/mol. The summed E-state index contributed by atoms with van der Waals surface area (Å²) in [5.74, 6) is 0.631. The topological polar surface area (TPSA) is 63.6 Å². The van der Waals surface area contributed by atoms with Gasteiger partial charge in [0.15, 0.2) is 0 Å². The highest BCUT2D eigenvalue weighted by Crippen LogP contribution is 2.17. The third-order valence-electron chi connectivity index (χ3n) is 5.19. The van der Waals surface area contributed by atoms with Gasteiger partial charge in [-0.05, 0) is 69.1 Å². The Morgan fingerprint density at radius 1 is 0.867 bits per heavy atom. The van der Waals surface area contributed by atoms with Gasteiger partial charge >= 0.3 is 0 Å². The van der Waals surface area contributed by atoms with E-state index in [1.165, 1.54) is 76.2 Å². The van der Waals surface area contributed by atoms with Gasteiger partial charge < -0.3 is 4.74 Å². The molecule has 1 aromatic rings. The fourth-order valence-electron chi connectivity index (χ4n) is 3.41. The second-order valence-corrected chi connectivity index (χ2v) is 9.69. The molecule has 0 aliphatic heterocycles. The Bertz CT molecular complexity index is 667. The van der Waals surface area contributed by atoms with Crippen molar-refractivity contribution < 1.29 is 17.7 Å². The largest absolute Gasteiger partial charge is 0.494 e. The first-order valence-electron chi connectivity index (χ1n) is 11.8. The predicted octanol–water partition coefficient (Wildman–Crippen LogP) is 7.14. The summed E-state index contributed by atoms with van der Waals surface area (Å²) in [6.45, 7) is 2.72. The van der Waals surface area contributed by atoms with Crippen LogP contribution in [0.4, 0.5) is 0 Å². The van der Waals surface area contributed by atoms with E-state index in [0.29, 0.717) is 19.4 Å². The predicted molar refractivity (Wildman–Crippen MR) is 127 cm³/mol. The van der Waals surface area contributed by atoms with Crippen LogP contribution < -0.4 is 4.74 Å². The average Bonchev–Trinajstić information content (AvgIpc) is 2.71. The van der Waals surface area contributed by atoms with Crippen LogP contribution in [0.1, 0.15) is 96.0 Å². The van der Waals surface area contributed by atoms with E-state index in [4.69, 9.17) is 9.29 Å². The molecule has 4 nitrogen and oxygen atoms in total. The lowest BCUT2D eigenvalue weighted by atomic mass is 10.0. The zero-order valence-corrected chi connectivity index (χ0v) is 19.7. The Kier molecular flexibility index (Phi) is 15.5. The van der Waals surface area contributed by atoms with Crippen LogP contribution in [-0.2, 0) is 16.5 Å². The molecule has 0 saturated heterocycles. The van der Waals surface area contributed by atoms with Crippen LogP contribution in [0.5, 0.6) is 5.75 Å². The molecular formula is C25H42O4S. The summed E-state index contributed by atoms with van der Waals surface area (Å²) in [5.41, 5.74) is 1.29. The molecular weight excluding hydrogens is 396 g/mol. The van der Waals surface area contributed by atoms with Gasteiger partial charge in [-0.2, -0.15) is 8.42 Å². The lowest BCUT2D eigenvalue weighted by Crippen LogP contribution is -2.06. The van der Waals surface area contributed by atoms with Gasteiger partial charge in [-0.25, -0.2) is 0 Å². The molecule has 0 amide bonds. The zero-order chi connectivity index (χ0) is 21.9. The summed E-state index contributed by atoms with van der Waals surface area (Å²) in [6.07, 6.45) is 21.0. The molecule has 0 saturated carbocycles. The van der Waals surface area contributed by atoms with Gasteiger partial charge in [0.05, 0.1) is 12.4 Å². The van der Waals surface area contributed by atoms with Crippen molar-refractivity contribution in [1.82, 2.24) is 0 Å². The van der Waals surface area contributed by atoms with Crippen LogP contribution >= 0.6 is 0 Å². The van der Waals surface area contributed by atoms with E-state index < -0.39 is 10.1 Å². The SMILES string of the molecule is CCCCCC/C=C\CCCCCCCc1cccc(OCCCCS(=O)(=O)O)c1. The van der Waals surface area contributed by atoms with E-state index in [9.17, 15) is 8.42 Å². The first-order valence-corrected chi connectivity index (χ1v) is 13.4. The quantitative estimate of drug-likeness (QED) is 0.142. The standard InChI is InChI=1S/C25H42O4S/c1-2-3-4-5-6-7-8-9-10-11-12-13-14-18-24-19-17-20-25(23-24)29-21-15-16-22-30(26,27)28/h7-8,17,19-20,23H,2-6,9-16,18,21-22H2,1H3,(H,26,27,28)/b8-7-. The van der Waals surface area contributed by atoms with Gasteiger partial charge in [0, 0.05) is 0 Å². The van der Waals surface area contributed by atoms with Gasteiger partial charge in [0.1, 0.15) is 5.75 Å². The lowest BCUT2D eigenvalue weighted by molar-refractivity contribution is 0.308. The second-order valence-electron chi connectivity index (χ2n) is 8.12. The summed E-state index contributed by atoms with van der Waals surface area (Å²) in [5, 5.41) is 0. The third-order valence-corrected chi connectivity index (χ3v) is 6.00. The Hall–Kier alpha value is -1.33. The van der Waals surface area contributed by atoms with E-state index in [1.807, 2.05) is 12.1 Å². The highest BCUT2D eigenvalue weighted by Gasteiger charge is 2.04. The number of ether oxygens (including phenoxy) is 1. The van der Waals surface area contributed by atoms with E-state index in [0.717, 1.165) is 12.2 Å². The van der Waals surface area contributed by atoms with E-state index >= 15 is 0 Å². The van der Waals surface area contributed by atoms with E-state index in [-0.39, 0.29) is 5.75 Å². The van der Waals surface area contributed by atoms with Gasteiger partial charge in [0.2, 0.25) is 0 Å². The fraction of sp³-hybridized carbons (Fsp3) is 0.680. The van der Waals surface area contributed by atoms with Gasteiger partial charge in [-0.15, -0.1) is 0 Å². The molecule has 30 heavy (non-hydrogen) atoms. The van der Waals surface area contributed by atoms with Crippen molar-refractivity contribution in [3.63, 3.8) is 0 Å². The minimum Gasteiger partial charge on any atom is -0.494 e. The van der Waals surface area contributed by atoms with Crippen LogP contribution in [0.3, 0.4) is 0 Å². The summed E-state index contributed by atoms with van der Waals surface area (Å²) in [7, 11) is -3.86. The summed E-state index contributed by atoms with van der Waals surface area (Å²) < 4.78 is 35.8. The molecule has 0 unspecified atom stereocenters. The normalized spacial score (nSPS) is 11.9. The summed E-state index contributed by atoms with van der Waals surface area (Å²) in [6, 6.07) is 8.16. The number of unbranched alkanes of at least 4 members (excludes halogenated alkanes) is 10. The zero-order valence-electron chi connectivity index (χ0n) is 18.9. The lowest BCUT2D eigenvalue weighted by Gasteiger charge is -2.08. The van der Waals surface area contributed by atoms with Crippen LogP contribution in [0.15, 0.2) is 36.4 Å². The van der Waals surface area contributed by atoms with Crippen molar-refractivity contribution in [3.05, 3.63) is 42.0 Å². The summed E-state index contributed by atoms with van der Waals surface area (Å²) in [4.78, 5) is 0. The van der Waals surface area contributed by atoms with Crippen LogP contribution in [0, 0.1) is 0 Å². The molecule has 0 aliphatic rings. The van der Waals surface area contributed by atoms with E-state index in [2.05, 4.69) is 31.2 Å². The number of hydrogen-bond acceptors (Lipinski definition) is 3. The Morgan fingerprint density at radius 2 is 1.53 bits per heavy atom. The number of hydrogen-bond donors (Lipinski definition) is 1. The van der Waals surface area contributed by atoms with Crippen molar-refractivity contribution in [2.24, 2.45) is 0 Å². The molecule has 1 N–H and O–H groups in total.